The summed E-state index contributed by atoms with van der Waals surface area (Å²) in [6.07, 6.45) is 19.4. The Kier molecular flexibility index (Phi) is 14.5. The lowest BCUT2D eigenvalue weighted by Gasteiger charge is -2.04. The Balaban J connectivity index is 3.27. The quantitative estimate of drug-likeness (QED) is 0.355. The third-order valence-electron chi connectivity index (χ3n) is 3.46. The molecule has 0 unspecified atom stereocenters. The molecule has 0 spiro atoms. The minimum Gasteiger partial charge on any atom is -0.479 e. The van der Waals surface area contributed by atoms with Crippen LogP contribution in [0.2, 0.25) is 0 Å². The molecule has 0 amide bonds. The fourth-order valence-electron chi connectivity index (χ4n) is 2.10. The molecule has 122 valence electrons. The van der Waals surface area contributed by atoms with Crippen molar-refractivity contribution in [3.8, 4) is 0 Å². The van der Waals surface area contributed by atoms with Gasteiger partial charge in [-0.2, -0.15) is 0 Å². The van der Waals surface area contributed by atoms with Crippen molar-refractivity contribution < 1.29 is 15.0 Å². The molecule has 0 rings (SSSR count). The van der Waals surface area contributed by atoms with Gasteiger partial charge >= 0.3 is 5.97 Å². The van der Waals surface area contributed by atoms with Crippen LogP contribution in [0.4, 0.5) is 0 Å². The summed E-state index contributed by atoms with van der Waals surface area (Å²) in [5.74, 6) is -1.11. The highest BCUT2D eigenvalue weighted by Crippen LogP contribution is 2.08. The highest BCUT2D eigenvalue weighted by molar-refractivity contribution is 5.71. The second kappa shape index (κ2) is 15.3. The summed E-state index contributed by atoms with van der Waals surface area (Å²) in [7, 11) is 0. The number of aliphatic hydroxyl groups is 1. The number of aliphatic hydroxyl groups excluding tert-OH is 1. The van der Waals surface area contributed by atoms with Gasteiger partial charge in [-0.1, -0.05) is 63.3 Å². The van der Waals surface area contributed by atoms with E-state index in [4.69, 9.17) is 10.2 Å². The minimum absolute atomic E-state index is 0.369. The molecule has 21 heavy (non-hydrogen) atoms. The molecule has 0 heterocycles. The minimum atomic E-state index is -1.19. The van der Waals surface area contributed by atoms with Crippen LogP contribution < -0.4 is 0 Å². The van der Waals surface area contributed by atoms with Crippen LogP contribution in [0.5, 0.6) is 0 Å². The molecule has 0 aliphatic rings. The highest BCUT2D eigenvalue weighted by atomic mass is 16.4. The summed E-state index contributed by atoms with van der Waals surface area (Å²) in [5.41, 5.74) is 0. The number of unbranched alkanes of at least 4 members (excludes halogenated alkanes) is 7. The maximum Gasteiger partial charge on any atom is 0.332 e. The Morgan fingerprint density at radius 3 is 2.05 bits per heavy atom. The first-order chi connectivity index (χ1) is 10.2. The van der Waals surface area contributed by atoms with E-state index in [1.807, 2.05) is 0 Å². The van der Waals surface area contributed by atoms with Crippen molar-refractivity contribution in [2.75, 3.05) is 0 Å². The molecule has 2 N–H and O–H groups in total. The van der Waals surface area contributed by atoms with Crippen LogP contribution in [0.15, 0.2) is 24.3 Å². The van der Waals surface area contributed by atoms with E-state index in [1.165, 1.54) is 25.7 Å². The number of carboxylic acid groups (broad SMARTS) is 1. The molecule has 0 aliphatic carbocycles. The van der Waals surface area contributed by atoms with Gasteiger partial charge in [0, 0.05) is 0 Å². The third-order valence-corrected chi connectivity index (χ3v) is 3.46. The van der Waals surface area contributed by atoms with Crippen molar-refractivity contribution in [2.45, 2.75) is 83.7 Å². The van der Waals surface area contributed by atoms with Gasteiger partial charge in [0.15, 0.2) is 6.10 Å². The molecule has 1 atom stereocenters. The van der Waals surface area contributed by atoms with E-state index in [1.54, 1.807) is 0 Å². The zero-order valence-electron chi connectivity index (χ0n) is 13.5. The standard InChI is InChI=1S/C18H32O3/c1-2-3-4-5-6-7-8-9-10-11-12-13-14-15-16-17(19)18(20)21/h6-7,9-10,17,19H,2-5,8,11-16H2,1H3,(H,20,21)/b7-6-,10-9-/t17-/m1/s1. The maximum absolute atomic E-state index is 10.4. The highest BCUT2D eigenvalue weighted by Gasteiger charge is 2.11. The van der Waals surface area contributed by atoms with Crippen molar-refractivity contribution in [1.82, 2.24) is 0 Å². The lowest BCUT2D eigenvalue weighted by molar-refractivity contribution is -0.146. The first-order valence-corrected chi connectivity index (χ1v) is 8.39. The second-order valence-electron chi connectivity index (χ2n) is 5.52. The molecule has 0 radical (unpaired) electrons. The topological polar surface area (TPSA) is 57.5 Å². The summed E-state index contributed by atoms with van der Waals surface area (Å²) in [5, 5.41) is 17.6. The predicted octanol–water partition coefficient (Wildman–Crippen LogP) is 4.86. The Hall–Kier alpha value is -1.09. The van der Waals surface area contributed by atoms with Gasteiger partial charge in [0.25, 0.3) is 0 Å². The number of allylic oxidation sites excluding steroid dienone is 4. The normalized spacial score (nSPS) is 13.2. The van der Waals surface area contributed by atoms with Gasteiger partial charge in [-0.25, -0.2) is 4.79 Å². The fourth-order valence-corrected chi connectivity index (χ4v) is 2.10. The van der Waals surface area contributed by atoms with Gasteiger partial charge in [-0.3, -0.25) is 0 Å². The van der Waals surface area contributed by atoms with Crippen molar-refractivity contribution in [1.29, 1.82) is 0 Å². The molecule has 3 nitrogen and oxygen atoms in total. The van der Waals surface area contributed by atoms with E-state index < -0.39 is 12.1 Å². The van der Waals surface area contributed by atoms with Gasteiger partial charge in [0.05, 0.1) is 0 Å². The number of hydrogen-bond donors (Lipinski definition) is 2. The maximum atomic E-state index is 10.4. The van der Waals surface area contributed by atoms with Gasteiger partial charge in [0.1, 0.15) is 0 Å². The predicted molar refractivity (Wildman–Crippen MR) is 88.4 cm³/mol. The lowest BCUT2D eigenvalue weighted by atomic mass is 10.1. The molecular formula is C18H32O3. The number of hydrogen-bond acceptors (Lipinski definition) is 2. The molecule has 0 saturated heterocycles. The largest absolute Gasteiger partial charge is 0.479 e. The first-order valence-electron chi connectivity index (χ1n) is 8.39. The van der Waals surface area contributed by atoms with Crippen LogP contribution in [0.1, 0.15) is 77.6 Å². The smallest absolute Gasteiger partial charge is 0.332 e. The van der Waals surface area contributed by atoms with E-state index >= 15 is 0 Å². The van der Waals surface area contributed by atoms with Crippen molar-refractivity contribution in [3.63, 3.8) is 0 Å². The number of aliphatic carboxylic acids is 1. The van der Waals surface area contributed by atoms with Gasteiger partial charge < -0.3 is 10.2 Å². The van der Waals surface area contributed by atoms with Crippen LogP contribution in [0.3, 0.4) is 0 Å². The Morgan fingerprint density at radius 2 is 1.48 bits per heavy atom. The fraction of sp³-hybridized carbons (Fsp3) is 0.722. The van der Waals surface area contributed by atoms with E-state index in [0.29, 0.717) is 6.42 Å². The average molecular weight is 296 g/mol. The summed E-state index contributed by atoms with van der Waals surface area (Å²) in [6, 6.07) is 0. The molecule has 3 heteroatoms. The summed E-state index contributed by atoms with van der Waals surface area (Å²) in [6.45, 7) is 2.22. The van der Waals surface area contributed by atoms with Crippen molar-refractivity contribution in [2.24, 2.45) is 0 Å². The van der Waals surface area contributed by atoms with Crippen LogP contribution in [0, 0.1) is 0 Å². The van der Waals surface area contributed by atoms with E-state index in [9.17, 15) is 4.79 Å². The van der Waals surface area contributed by atoms with Crippen molar-refractivity contribution >= 4 is 5.97 Å². The number of carbonyl (C=O) groups is 1. The Morgan fingerprint density at radius 1 is 0.905 bits per heavy atom. The van der Waals surface area contributed by atoms with Crippen LogP contribution in [0.25, 0.3) is 0 Å². The van der Waals surface area contributed by atoms with Gasteiger partial charge in [-0.05, 0) is 38.5 Å². The molecular weight excluding hydrogens is 264 g/mol. The SMILES string of the molecule is CCCCC/C=C\C/C=C\CCCCCC[C@@H](O)C(=O)O. The number of carboxylic acids is 1. The lowest BCUT2D eigenvalue weighted by Crippen LogP contribution is -2.18. The molecule has 0 aliphatic heterocycles. The summed E-state index contributed by atoms with van der Waals surface area (Å²) >= 11 is 0. The molecule has 0 bridgehead atoms. The summed E-state index contributed by atoms with van der Waals surface area (Å²) in [4.78, 5) is 10.4. The molecule has 0 fully saturated rings. The van der Waals surface area contributed by atoms with E-state index in [2.05, 4.69) is 31.2 Å². The molecule has 0 aromatic rings. The van der Waals surface area contributed by atoms with Crippen molar-refractivity contribution in [3.05, 3.63) is 24.3 Å². The van der Waals surface area contributed by atoms with Crippen LogP contribution in [-0.2, 0) is 4.79 Å². The molecule has 0 aromatic carbocycles. The van der Waals surface area contributed by atoms with E-state index in [0.717, 1.165) is 38.5 Å². The zero-order valence-corrected chi connectivity index (χ0v) is 13.5. The first kappa shape index (κ1) is 19.9. The van der Waals surface area contributed by atoms with Gasteiger partial charge in [-0.15, -0.1) is 0 Å². The molecule has 0 saturated carbocycles. The molecule has 0 aromatic heterocycles. The average Bonchev–Trinajstić information content (AvgIpc) is 2.47. The Labute approximate surface area is 129 Å². The number of rotatable bonds is 14. The van der Waals surface area contributed by atoms with E-state index in [-0.39, 0.29) is 0 Å². The van der Waals surface area contributed by atoms with Crippen LogP contribution >= 0.6 is 0 Å². The zero-order chi connectivity index (χ0) is 15.8. The van der Waals surface area contributed by atoms with Gasteiger partial charge in [0.2, 0.25) is 0 Å². The third kappa shape index (κ3) is 15.1. The Bertz CT molecular complexity index is 295. The van der Waals surface area contributed by atoms with Crippen LogP contribution in [-0.4, -0.2) is 22.3 Å². The monoisotopic (exact) mass is 296 g/mol. The summed E-state index contributed by atoms with van der Waals surface area (Å²) < 4.78 is 0. The second-order valence-corrected chi connectivity index (χ2v) is 5.52.